The van der Waals surface area contributed by atoms with Crippen molar-refractivity contribution in [2.24, 2.45) is 23.6 Å². The summed E-state index contributed by atoms with van der Waals surface area (Å²) in [5, 5.41) is 0. The van der Waals surface area contributed by atoms with Gasteiger partial charge in [0.05, 0.1) is 0 Å². The minimum Gasteiger partial charge on any atom is -0.271 e. The van der Waals surface area contributed by atoms with Crippen LogP contribution >= 0.6 is 0 Å². The Labute approximate surface area is 94.0 Å². The van der Waals surface area contributed by atoms with E-state index >= 15 is 0 Å². The molecule has 2 fully saturated rings. The zero-order valence-electron chi connectivity index (χ0n) is 10.0. The number of nitrogens with one attached hydrogen (secondary N) is 1. The van der Waals surface area contributed by atoms with Crippen molar-refractivity contribution in [3.63, 3.8) is 0 Å². The Morgan fingerprint density at radius 2 is 1.80 bits per heavy atom. The first-order chi connectivity index (χ1) is 7.29. The van der Waals surface area contributed by atoms with Gasteiger partial charge in [0.2, 0.25) is 0 Å². The van der Waals surface area contributed by atoms with Crippen molar-refractivity contribution < 1.29 is 0 Å². The topological polar surface area (TPSA) is 38.0 Å². The number of hydrogen-bond acceptors (Lipinski definition) is 2. The van der Waals surface area contributed by atoms with E-state index in [9.17, 15) is 0 Å². The fourth-order valence-corrected chi connectivity index (χ4v) is 3.17. The predicted octanol–water partition coefficient (Wildman–Crippen LogP) is 2.83. The Morgan fingerprint density at radius 1 is 1.13 bits per heavy atom. The van der Waals surface area contributed by atoms with Crippen LogP contribution < -0.4 is 11.3 Å². The summed E-state index contributed by atoms with van der Waals surface area (Å²) in [6.07, 6.45) is 11.3. The van der Waals surface area contributed by atoms with Gasteiger partial charge in [0, 0.05) is 6.04 Å². The highest BCUT2D eigenvalue weighted by molar-refractivity contribution is 4.83. The van der Waals surface area contributed by atoms with Crippen LogP contribution in [-0.2, 0) is 0 Å². The summed E-state index contributed by atoms with van der Waals surface area (Å²) in [4.78, 5) is 0. The lowest BCUT2D eigenvalue weighted by Crippen LogP contribution is -2.44. The van der Waals surface area contributed by atoms with Gasteiger partial charge >= 0.3 is 0 Å². The molecule has 3 N–H and O–H groups in total. The molecule has 2 rings (SSSR count). The molecule has 2 nitrogen and oxygen atoms in total. The van der Waals surface area contributed by atoms with Crippen LogP contribution in [0, 0.1) is 17.8 Å². The average molecular weight is 210 g/mol. The minimum absolute atomic E-state index is 0.600. The van der Waals surface area contributed by atoms with Gasteiger partial charge < -0.3 is 0 Å². The molecule has 2 saturated carbocycles. The average Bonchev–Trinajstić information content (AvgIpc) is 2.19. The lowest BCUT2D eigenvalue weighted by Gasteiger charge is -2.36. The normalized spacial score (nSPS) is 34.8. The summed E-state index contributed by atoms with van der Waals surface area (Å²) in [7, 11) is 0. The number of hydrogen-bond donors (Lipinski definition) is 2. The third kappa shape index (κ3) is 2.94. The highest BCUT2D eigenvalue weighted by atomic mass is 15.2. The Hall–Kier alpha value is -0.0800. The van der Waals surface area contributed by atoms with Crippen molar-refractivity contribution in [1.82, 2.24) is 5.43 Å². The van der Waals surface area contributed by atoms with Gasteiger partial charge in [-0.25, -0.2) is 0 Å². The Balaban J connectivity index is 1.77. The third-order valence-electron chi connectivity index (χ3n) is 4.66. The van der Waals surface area contributed by atoms with Crippen LogP contribution in [0.4, 0.5) is 0 Å². The van der Waals surface area contributed by atoms with Crippen LogP contribution in [0.25, 0.3) is 0 Å². The van der Waals surface area contributed by atoms with Gasteiger partial charge in [-0.05, 0) is 37.0 Å². The first-order valence-electron chi connectivity index (χ1n) is 6.75. The Morgan fingerprint density at radius 3 is 2.27 bits per heavy atom. The fraction of sp³-hybridized carbons (Fsp3) is 1.00. The molecule has 0 aromatic rings. The molecular formula is C13H26N2. The van der Waals surface area contributed by atoms with Crippen molar-refractivity contribution in [1.29, 1.82) is 0 Å². The van der Waals surface area contributed by atoms with E-state index in [1.165, 1.54) is 51.4 Å². The summed E-state index contributed by atoms with van der Waals surface area (Å²) in [5.41, 5.74) is 3.09. The summed E-state index contributed by atoms with van der Waals surface area (Å²) >= 11 is 0. The smallest absolute Gasteiger partial charge is 0.0241 e. The van der Waals surface area contributed by atoms with E-state index in [1.54, 1.807) is 0 Å². The second-order valence-corrected chi connectivity index (χ2v) is 5.83. The van der Waals surface area contributed by atoms with Gasteiger partial charge in [-0.3, -0.25) is 11.3 Å². The van der Waals surface area contributed by atoms with E-state index < -0.39 is 0 Å². The number of nitrogens with two attached hydrogens (primary N) is 1. The molecule has 88 valence electrons. The second-order valence-electron chi connectivity index (χ2n) is 5.83. The minimum atomic E-state index is 0.600. The highest BCUT2D eigenvalue weighted by Gasteiger charge is 2.29. The molecule has 2 aliphatic rings. The Kier molecular flexibility index (Phi) is 4.04. The first kappa shape index (κ1) is 11.4. The van der Waals surface area contributed by atoms with Gasteiger partial charge in [-0.1, -0.05) is 39.0 Å². The molecule has 2 aliphatic carbocycles. The van der Waals surface area contributed by atoms with Gasteiger partial charge in [0.15, 0.2) is 0 Å². The quantitative estimate of drug-likeness (QED) is 0.553. The molecule has 0 saturated heterocycles. The van der Waals surface area contributed by atoms with Gasteiger partial charge in [-0.2, -0.15) is 0 Å². The van der Waals surface area contributed by atoms with Crippen LogP contribution in [0.3, 0.4) is 0 Å². The molecule has 0 spiro atoms. The van der Waals surface area contributed by atoms with Crippen molar-refractivity contribution in [2.75, 3.05) is 0 Å². The molecule has 0 bridgehead atoms. The SMILES string of the molecule is CC1CCC(C(CC2CCC2)NN)CC1. The summed E-state index contributed by atoms with van der Waals surface area (Å²) in [6, 6.07) is 0.600. The fourth-order valence-electron chi connectivity index (χ4n) is 3.17. The van der Waals surface area contributed by atoms with E-state index in [2.05, 4.69) is 12.3 Å². The van der Waals surface area contributed by atoms with Gasteiger partial charge in [0.25, 0.3) is 0 Å². The zero-order valence-corrected chi connectivity index (χ0v) is 10.0. The van der Waals surface area contributed by atoms with Crippen LogP contribution in [0.5, 0.6) is 0 Å². The van der Waals surface area contributed by atoms with E-state index in [4.69, 9.17) is 5.84 Å². The maximum Gasteiger partial charge on any atom is 0.0241 e. The molecule has 1 atom stereocenters. The maximum absolute atomic E-state index is 5.72. The monoisotopic (exact) mass is 210 g/mol. The molecule has 0 radical (unpaired) electrons. The van der Waals surface area contributed by atoms with Crippen LogP contribution in [0.1, 0.15) is 58.3 Å². The zero-order chi connectivity index (χ0) is 10.7. The molecule has 2 heteroatoms. The standard InChI is InChI=1S/C13H26N2/c1-10-5-7-12(8-6-10)13(15-14)9-11-3-2-4-11/h10-13,15H,2-9,14H2,1H3. The van der Waals surface area contributed by atoms with Crippen molar-refractivity contribution in [3.8, 4) is 0 Å². The molecular weight excluding hydrogens is 184 g/mol. The van der Waals surface area contributed by atoms with E-state index in [0.29, 0.717) is 6.04 Å². The van der Waals surface area contributed by atoms with Gasteiger partial charge in [0.1, 0.15) is 0 Å². The number of rotatable bonds is 4. The molecule has 0 aliphatic heterocycles. The van der Waals surface area contributed by atoms with Crippen molar-refractivity contribution >= 4 is 0 Å². The van der Waals surface area contributed by atoms with Crippen LogP contribution in [0.15, 0.2) is 0 Å². The molecule has 1 unspecified atom stereocenters. The van der Waals surface area contributed by atoms with Crippen molar-refractivity contribution in [2.45, 2.75) is 64.3 Å². The second kappa shape index (κ2) is 5.31. The van der Waals surface area contributed by atoms with Crippen LogP contribution in [-0.4, -0.2) is 6.04 Å². The van der Waals surface area contributed by atoms with Crippen LogP contribution in [0.2, 0.25) is 0 Å². The number of hydrazine groups is 1. The lowest BCUT2D eigenvalue weighted by molar-refractivity contribution is 0.178. The first-order valence-corrected chi connectivity index (χ1v) is 6.75. The summed E-state index contributed by atoms with van der Waals surface area (Å²) in [5.74, 6) is 8.49. The largest absolute Gasteiger partial charge is 0.271 e. The summed E-state index contributed by atoms with van der Waals surface area (Å²) < 4.78 is 0. The summed E-state index contributed by atoms with van der Waals surface area (Å²) in [6.45, 7) is 2.38. The van der Waals surface area contributed by atoms with E-state index in [-0.39, 0.29) is 0 Å². The van der Waals surface area contributed by atoms with Gasteiger partial charge in [-0.15, -0.1) is 0 Å². The third-order valence-corrected chi connectivity index (χ3v) is 4.66. The highest BCUT2D eigenvalue weighted by Crippen LogP contribution is 2.36. The molecule has 15 heavy (non-hydrogen) atoms. The molecule has 0 aromatic heterocycles. The van der Waals surface area contributed by atoms with E-state index in [0.717, 1.165) is 17.8 Å². The van der Waals surface area contributed by atoms with E-state index in [1.807, 2.05) is 0 Å². The molecule has 0 heterocycles. The Bertz CT molecular complexity index is 181. The lowest BCUT2D eigenvalue weighted by atomic mass is 9.73. The molecule has 0 amide bonds. The predicted molar refractivity (Wildman–Crippen MR) is 64.2 cm³/mol. The maximum atomic E-state index is 5.72. The molecule has 0 aromatic carbocycles. The van der Waals surface area contributed by atoms with Crippen molar-refractivity contribution in [3.05, 3.63) is 0 Å².